The second-order valence-electron chi connectivity index (χ2n) is 5.20. The molecular formula is C18H20N2O2. The lowest BCUT2D eigenvalue weighted by Gasteiger charge is -2.08. The van der Waals surface area contributed by atoms with Crippen molar-refractivity contribution in [1.29, 1.82) is 0 Å². The predicted octanol–water partition coefficient (Wildman–Crippen LogP) is 3.99. The Bertz CT molecular complexity index is 680. The average molecular weight is 296 g/mol. The Labute approximate surface area is 130 Å². The van der Waals surface area contributed by atoms with Gasteiger partial charge in [0.15, 0.2) is 0 Å². The highest BCUT2D eigenvalue weighted by molar-refractivity contribution is 6.05. The average Bonchev–Trinajstić information content (AvgIpc) is 2.47. The fourth-order valence-corrected chi connectivity index (χ4v) is 2.11. The summed E-state index contributed by atoms with van der Waals surface area (Å²) >= 11 is 0. The van der Waals surface area contributed by atoms with E-state index < -0.39 is 0 Å². The highest BCUT2D eigenvalue weighted by Crippen LogP contribution is 2.15. The molecule has 0 bridgehead atoms. The second-order valence-corrected chi connectivity index (χ2v) is 5.20. The van der Waals surface area contributed by atoms with Gasteiger partial charge in [-0.15, -0.1) is 0 Å². The number of hydrogen-bond acceptors (Lipinski definition) is 2. The summed E-state index contributed by atoms with van der Waals surface area (Å²) in [5, 5.41) is 5.65. The van der Waals surface area contributed by atoms with Crippen molar-refractivity contribution in [2.24, 2.45) is 0 Å². The van der Waals surface area contributed by atoms with Gasteiger partial charge in [0, 0.05) is 23.4 Å². The molecule has 0 unspecified atom stereocenters. The van der Waals surface area contributed by atoms with Crippen molar-refractivity contribution in [3.8, 4) is 0 Å². The van der Waals surface area contributed by atoms with E-state index in [4.69, 9.17) is 0 Å². The molecule has 2 N–H and O–H groups in total. The molecule has 2 amide bonds. The van der Waals surface area contributed by atoms with Gasteiger partial charge in [-0.1, -0.05) is 25.1 Å². The third kappa shape index (κ3) is 4.45. The molecule has 0 aliphatic heterocycles. The third-order valence-corrected chi connectivity index (χ3v) is 3.16. The molecule has 4 heteroatoms. The van der Waals surface area contributed by atoms with Gasteiger partial charge in [0.05, 0.1) is 0 Å². The lowest BCUT2D eigenvalue weighted by molar-refractivity contribution is -0.116. The second kappa shape index (κ2) is 7.41. The molecular weight excluding hydrogens is 276 g/mol. The van der Waals surface area contributed by atoms with E-state index >= 15 is 0 Å². The van der Waals surface area contributed by atoms with Gasteiger partial charge >= 0.3 is 0 Å². The Hall–Kier alpha value is -2.62. The first-order chi connectivity index (χ1) is 10.6. The lowest BCUT2D eigenvalue weighted by Crippen LogP contribution is -2.14. The number of rotatable bonds is 5. The number of carbonyl (C=O) groups excluding carboxylic acids is 2. The zero-order valence-corrected chi connectivity index (χ0v) is 12.8. The highest BCUT2D eigenvalue weighted by Gasteiger charge is 2.08. The molecule has 114 valence electrons. The molecule has 2 aromatic rings. The van der Waals surface area contributed by atoms with Gasteiger partial charge in [0.2, 0.25) is 5.91 Å². The molecule has 0 spiro atoms. The van der Waals surface area contributed by atoms with E-state index in [0.717, 1.165) is 17.7 Å². The van der Waals surface area contributed by atoms with Gasteiger partial charge in [-0.3, -0.25) is 9.59 Å². The van der Waals surface area contributed by atoms with E-state index in [1.807, 2.05) is 38.1 Å². The van der Waals surface area contributed by atoms with Crippen LogP contribution < -0.4 is 10.6 Å². The van der Waals surface area contributed by atoms with Gasteiger partial charge in [0.1, 0.15) is 0 Å². The summed E-state index contributed by atoms with van der Waals surface area (Å²) in [6, 6.07) is 14.6. The van der Waals surface area contributed by atoms with E-state index in [1.165, 1.54) is 0 Å². The van der Waals surface area contributed by atoms with Crippen LogP contribution in [0.3, 0.4) is 0 Å². The molecule has 0 radical (unpaired) electrons. The van der Waals surface area contributed by atoms with E-state index in [2.05, 4.69) is 10.6 Å². The molecule has 22 heavy (non-hydrogen) atoms. The van der Waals surface area contributed by atoms with Crippen molar-refractivity contribution in [2.45, 2.75) is 26.7 Å². The van der Waals surface area contributed by atoms with Crippen LogP contribution in [0.5, 0.6) is 0 Å². The normalized spacial score (nSPS) is 10.1. The molecule has 0 atom stereocenters. The summed E-state index contributed by atoms with van der Waals surface area (Å²) in [7, 11) is 0. The van der Waals surface area contributed by atoms with Crippen molar-refractivity contribution >= 4 is 23.2 Å². The number of hydrogen-bond donors (Lipinski definition) is 2. The van der Waals surface area contributed by atoms with Crippen LogP contribution in [0, 0.1) is 6.92 Å². The molecule has 0 aliphatic carbocycles. The van der Waals surface area contributed by atoms with Crippen molar-refractivity contribution in [3.63, 3.8) is 0 Å². The Kier molecular flexibility index (Phi) is 5.31. The summed E-state index contributed by atoms with van der Waals surface area (Å²) in [6.45, 7) is 3.92. The third-order valence-electron chi connectivity index (χ3n) is 3.16. The maximum Gasteiger partial charge on any atom is 0.255 e. The molecule has 2 aromatic carbocycles. The summed E-state index contributed by atoms with van der Waals surface area (Å²) < 4.78 is 0. The first-order valence-electron chi connectivity index (χ1n) is 7.36. The van der Waals surface area contributed by atoms with Gasteiger partial charge in [-0.05, 0) is 49.2 Å². The largest absolute Gasteiger partial charge is 0.326 e. The molecule has 0 saturated heterocycles. The Balaban J connectivity index is 2.08. The predicted molar refractivity (Wildman–Crippen MR) is 89.1 cm³/mol. The quantitative estimate of drug-likeness (QED) is 0.876. The summed E-state index contributed by atoms with van der Waals surface area (Å²) in [5.74, 6) is -0.240. The fourth-order valence-electron chi connectivity index (χ4n) is 2.11. The number of amides is 2. The molecule has 0 saturated carbocycles. The van der Waals surface area contributed by atoms with Crippen LogP contribution in [0.1, 0.15) is 35.7 Å². The number of aryl methyl sites for hydroxylation is 1. The van der Waals surface area contributed by atoms with Crippen LogP contribution in [0.15, 0.2) is 48.5 Å². The number of nitrogens with one attached hydrogen (secondary N) is 2. The number of carbonyl (C=O) groups is 2. The maximum absolute atomic E-state index is 12.3. The minimum absolute atomic E-state index is 0.0428. The van der Waals surface area contributed by atoms with Gasteiger partial charge in [-0.2, -0.15) is 0 Å². The summed E-state index contributed by atoms with van der Waals surface area (Å²) in [4.78, 5) is 23.9. The Morgan fingerprint density at radius 1 is 0.955 bits per heavy atom. The smallest absolute Gasteiger partial charge is 0.255 e. The van der Waals surface area contributed by atoms with Crippen molar-refractivity contribution in [1.82, 2.24) is 0 Å². The zero-order chi connectivity index (χ0) is 15.9. The number of anilines is 2. The summed E-state index contributed by atoms with van der Waals surface area (Å²) in [5.41, 5.74) is 2.98. The molecule has 0 aromatic heterocycles. The van der Waals surface area contributed by atoms with Gasteiger partial charge < -0.3 is 10.6 Å². The minimum atomic E-state index is -0.197. The standard InChI is InChI=1S/C18H20N2O2/c1-3-6-17(21)19-16-10-5-8-14(12-16)18(22)20-15-9-4-7-13(2)11-15/h4-5,7-12H,3,6H2,1-2H3,(H,19,21)(H,20,22). The summed E-state index contributed by atoms with van der Waals surface area (Å²) in [6.07, 6.45) is 1.26. The topological polar surface area (TPSA) is 58.2 Å². The molecule has 4 nitrogen and oxygen atoms in total. The van der Waals surface area contributed by atoms with E-state index in [0.29, 0.717) is 17.7 Å². The first kappa shape index (κ1) is 15.8. The van der Waals surface area contributed by atoms with Gasteiger partial charge in [0.25, 0.3) is 5.91 Å². The van der Waals surface area contributed by atoms with E-state index in [9.17, 15) is 9.59 Å². The Morgan fingerprint density at radius 2 is 1.64 bits per heavy atom. The maximum atomic E-state index is 12.3. The van der Waals surface area contributed by atoms with Crippen LogP contribution >= 0.6 is 0 Å². The first-order valence-corrected chi connectivity index (χ1v) is 7.36. The molecule has 2 rings (SSSR count). The monoisotopic (exact) mass is 296 g/mol. The van der Waals surface area contributed by atoms with Crippen LogP contribution in [-0.4, -0.2) is 11.8 Å². The number of benzene rings is 2. The zero-order valence-electron chi connectivity index (χ0n) is 12.8. The molecule has 0 fully saturated rings. The van der Waals surface area contributed by atoms with E-state index in [1.54, 1.807) is 24.3 Å². The highest BCUT2D eigenvalue weighted by atomic mass is 16.2. The fraction of sp³-hybridized carbons (Fsp3) is 0.222. The van der Waals surface area contributed by atoms with Gasteiger partial charge in [-0.25, -0.2) is 0 Å². The molecule has 0 aliphatic rings. The Morgan fingerprint density at radius 3 is 2.32 bits per heavy atom. The van der Waals surface area contributed by atoms with Crippen LogP contribution in [-0.2, 0) is 4.79 Å². The van der Waals surface area contributed by atoms with Crippen LogP contribution in [0.2, 0.25) is 0 Å². The van der Waals surface area contributed by atoms with Crippen molar-refractivity contribution in [3.05, 3.63) is 59.7 Å². The van der Waals surface area contributed by atoms with E-state index in [-0.39, 0.29) is 11.8 Å². The van der Waals surface area contributed by atoms with Crippen LogP contribution in [0.4, 0.5) is 11.4 Å². The van der Waals surface area contributed by atoms with Crippen molar-refractivity contribution in [2.75, 3.05) is 10.6 Å². The molecule has 0 heterocycles. The SMILES string of the molecule is CCCC(=O)Nc1cccc(C(=O)Nc2cccc(C)c2)c1. The van der Waals surface area contributed by atoms with Crippen molar-refractivity contribution < 1.29 is 9.59 Å². The lowest BCUT2D eigenvalue weighted by atomic mass is 10.1. The van der Waals surface area contributed by atoms with Crippen LogP contribution in [0.25, 0.3) is 0 Å². The minimum Gasteiger partial charge on any atom is -0.326 e.